The molecule has 0 aromatic carbocycles. The van der Waals surface area contributed by atoms with Crippen LogP contribution in [0.5, 0.6) is 0 Å². The van der Waals surface area contributed by atoms with Gasteiger partial charge in [-0.3, -0.25) is 0 Å². The number of aryl methyl sites for hydroxylation is 1. The summed E-state index contributed by atoms with van der Waals surface area (Å²) in [5.74, 6) is -3.95. The second-order valence-corrected chi connectivity index (χ2v) is 4.55. The molecule has 0 atom stereocenters. The molecule has 0 saturated carbocycles. The highest BCUT2D eigenvalue weighted by Crippen LogP contribution is 2.22. The van der Waals surface area contributed by atoms with E-state index in [1.807, 2.05) is 13.0 Å². The van der Waals surface area contributed by atoms with Crippen molar-refractivity contribution >= 4 is 11.3 Å². The summed E-state index contributed by atoms with van der Waals surface area (Å²) in [6.07, 6.45) is -3.62. The zero-order valence-corrected chi connectivity index (χ0v) is 8.88. The van der Waals surface area contributed by atoms with Crippen molar-refractivity contribution in [2.75, 3.05) is 6.54 Å². The van der Waals surface area contributed by atoms with Crippen LogP contribution < -0.4 is 5.32 Å². The maximum atomic E-state index is 12.4. The molecule has 1 heterocycles. The molecule has 1 nitrogen and oxygen atoms in total. The Morgan fingerprint density at radius 1 is 1.40 bits per heavy atom. The van der Waals surface area contributed by atoms with E-state index >= 15 is 0 Å². The zero-order valence-electron chi connectivity index (χ0n) is 8.07. The van der Waals surface area contributed by atoms with Gasteiger partial charge < -0.3 is 5.32 Å². The number of halogens is 4. The van der Waals surface area contributed by atoms with Gasteiger partial charge in [0.1, 0.15) is 0 Å². The van der Waals surface area contributed by atoms with Crippen molar-refractivity contribution < 1.29 is 17.6 Å². The van der Waals surface area contributed by atoms with Crippen molar-refractivity contribution in [1.29, 1.82) is 0 Å². The maximum absolute atomic E-state index is 12.4. The standard InChI is InChI=1S/C9H11F4NS/c1-6-2-3-7(15-6)4-14-5-9(12,13)8(10)11/h2-3,8,14H,4-5H2,1H3. The first kappa shape index (κ1) is 12.4. The number of hydrogen-bond acceptors (Lipinski definition) is 2. The van der Waals surface area contributed by atoms with Crippen LogP contribution >= 0.6 is 11.3 Å². The lowest BCUT2D eigenvalue weighted by Gasteiger charge is -2.15. The van der Waals surface area contributed by atoms with E-state index in [0.29, 0.717) is 0 Å². The van der Waals surface area contributed by atoms with Crippen LogP contribution in [0.1, 0.15) is 9.75 Å². The fraction of sp³-hybridized carbons (Fsp3) is 0.556. The molecule has 1 N–H and O–H groups in total. The smallest absolute Gasteiger partial charge is 0.306 e. The first-order chi connectivity index (χ1) is 6.92. The summed E-state index contributed by atoms with van der Waals surface area (Å²) in [7, 11) is 0. The number of nitrogens with one attached hydrogen (secondary N) is 1. The van der Waals surface area contributed by atoms with Gasteiger partial charge in [0.2, 0.25) is 0 Å². The third-order valence-corrected chi connectivity index (χ3v) is 2.78. The minimum Gasteiger partial charge on any atom is -0.306 e. The highest BCUT2D eigenvalue weighted by atomic mass is 32.1. The molecule has 0 amide bonds. The van der Waals surface area contributed by atoms with Crippen LogP contribution in [-0.4, -0.2) is 18.9 Å². The van der Waals surface area contributed by atoms with Crippen LogP contribution in [0.25, 0.3) is 0 Å². The molecule has 0 fully saturated rings. The molecule has 15 heavy (non-hydrogen) atoms. The molecule has 0 aliphatic rings. The van der Waals surface area contributed by atoms with Gasteiger partial charge in [0.15, 0.2) is 0 Å². The van der Waals surface area contributed by atoms with E-state index in [1.54, 1.807) is 6.07 Å². The molecule has 0 radical (unpaired) electrons. The Bertz CT molecular complexity index is 311. The van der Waals surface area contributed by atoms with Gasteiger partial charge in [-0.25, -0.2) is 8.78 Å². The second kappa shape index (κ2) is 4.94. The fourth-order valence-electron chi connectivity index (χ4n) is 1.01. The molecule has 0 saturated heterocycles. The molecule has 6 heteroatoms. The average molecular weight is 241 g/mol. The Kier molecular flexibility index (Phi) is 4.10. The Hall–Kier alpha value is -0.620. The van der Waals surface area contributed by atoms with E-state index in [1.165, 1.54) is 11.3 Å². The zero-order chi connectivity index (χ0) is 11.5. The van der Waals surface area contributed by atoms with Crippen molar-refractivity contribution in [1.82, 2.24) is 5.32 Å². The van der Waals surface area contributed by atoms with Crippen LogP contribution in [0.2, 0.25) is 0 Å². The summed E-state index contributed by atoms with van der Waals surface area (Å²) in [6, 6.07) is 3.64. The van der Waals surface area contributed by atoms with Gasteiger partial charge >= 0.3 is 12.3 Å². The first-order valence-electron chi connectivity index (χ1n) is 4.34. The van der Waals surface area contributed by atoms with Crippen LogP contribution in [0.4, 0.5) is 17.6 Å². The van der Waals surface area contributed by atoms with Crippen LogP contribution in [0.3, 0.4) is 0 Å². The first-order valence-corrected chi connectivity index (χ1v) is 5.15. The molecule has 0 bridgehead atoms. The van der Waals surface area contributed by atoms with Crippen LogP contribution in [0, 0.1) is 6.92 Å². The van der Waals surface area contributed by atoms with E-state index in [-0.39, 0.29) is 6.54 Å². The second-order valence-electron chi connectivity index (χ2n) is 3.18. The van der Waals surface area contributed by atoms with E-state index in [4.69, 9.17) is 0 Å². The van der Waals surface area contributed by atoms with E-state index < -0.39 is 18.9 Å². The molecule has 1 aromatic heterocycles. The Labute approximate surface area is 89.1 Å². The van der Waals surface area contributed by atoms with Gasteiger partial charge in [0.05, 0.1) is 6.54 Å². The van der Waals surface area contributed by atoms with Crippen LogP contribution in [-0.2, 0) is 6.54 Å². The quantitative estimate of drug-likeness (QED) is 0.781. The average Bonchev–Trinajstić information content (AvgIpc) is 2.51. The molecule has 0 aliphatic heterocycles. The van der Waals surface area contributed by atoms with Crippen molar-refractivity contribution in [3.8, 4) is 0 Å². The Balaban J connectivity index is 2.33. The largest absolute Gasteiger partial charge is 0.319 e. The summed E-state index contributed by atoms with van der Waals surface area (Å²) >= 11 is 1.45. The predicted octanol–water partition coefficient (Wildman–Crippen LogP) is 3.05. The molecular weight excluding hydrogens is 230 g/mol. The molecule has 1 rings (SSSR count). The van der Waals surface area contributed by atoms with E-state index in [9.17, 15) is 17.6 Å². The van der Waals surface area contributed by atoms with Gasteiger partial charge in [-0.15, -0.1) is 11.3 Å². The molecule has 1 aromatic rings. The molecule has 0 spiro atoms. The summed E-state index contributed by atoms with van der Waals surface area (Å²) < 4.78 is 48.4. The lowest BCUT2D eigenvalue weighted by Crippen LogP contribution is -2.38. The number of rotatable bonds is 5. The molecule has 0 unspecified atom stereocenters. The van der Waals surface area contributed by atoms with Gasteiger partial charge in [-0.1, -0.05) is 0 Å². The van der Waals surface area contributed by atoms with Crippen molar-refractivity contribution in [2.45, 2.75) is 25.8 Å². The van der Waals surface area contributed by atoms with Gasteiger partial charge in [-0.2, -0.15) is 8.78 Å². The molecular formula is C9H11F4NS. The summed E-state index contributed by atoms with van der Waals surface area (Å²) in [4.78, 5) is 1.92. The number of thiophene rings is 1. The molecule has 86 valence electrons. The molecule has 0 aliphatic carbocycles. The van der Waals surface area contributed by atoms with Crippen LogP contribution in [0.15, 0.2) is 12.1 Å². The lowest BCUT2D eigenvalue weighted by atomic mass is 10.3. The SMILES string of the molecule is Cc1ccc(CNCC(F)(F)C(F)F)s1. The van der Waals surface area contributed by atoms with E-state index in [2.05, 4.69) is 5.32 Å². The van der Waals surface area contributed by atoms with Gasteiger partial charge in [0, 0.05) is 16.3 Å². The predicted molar refractivity (Wildman–Crippen MR) is 51.7 cm³/mol. The minimum absolute atomic E-state index is 0.195. The fourth-order valence-corrected chi connectivity index (χ4v) is 1.87. The summed E-state index contributed by atoms with van der Waals surface area (Å²) in [6.45, 7) is 1.09. The number of alkyl halides is 4. The number of hydrogen-bond donors (Lipinski definition) is 1. The lowest BCUT2D eigenvalue weighted by molar-refractivity contribution is -0.125. The highest BCUT2D eigenvalue weighted by Gasteiger charge is 2.39. The summed E-state index contributed by atoms with van der Waals surface area (Å²) in [5.41, 5.74) is 0. The third-order valence-electron chi connectivity index (χ3n) is 1.78. The van der Waals surface area contributed by atoms with Gasteiger partial charge in [-0.05, 0) is 19.1 Å². The topological polar surface area (TPSA) is 12.0 Å². The van der Waals surface area contributed by atoms with Crippen molar-refractivity contribution in [3.63, 3.8) is 0 Å². The normalized spacial score (nSPS) is 12.4. The van der Waals surface area contributed by atoms with Crippen molar-refractivity contribution in [3.05, 3.63) is 21.9 Å². The minimum atomic E-state index is -3.95. The van der Waals surface area contributed by atoms with Gasteiger partial charge in [0.25, 0.3) is 0 Å². The summed E-state index contributed by atoms with van der Waals surface area (Å²) in [5, 5.41) is 2.32. The van der Waals surface area contributed by atoms with E-state index in [0.717, 1.165) is 9.75 Å². The maximum Gasteiger partial charge on any atom is 0.319 e. The third kappa shape index (κ3) is 3.79. The Morgan fingerprint density at radius 3 is 2.53 bits per heavy atom. The Morgan fingerprint density at radius 2 is 2.07 bits per heavy atom. The van der Waals surface area contributed by atoms with Crippen molar-refractivity contribution in [2.24, 2.45) is 0 Å². The highest BCUT2D eigenvalue weighted by molar-refractivity contribution is 7.11. The monoisotopic (exact) mass is 241 g/mol.